The summed E-state index contributed by atoms with van der Waals surface area (Å²) in [4.78, 5) is 4.28. The van der Waals surface area contributed by atoms with Gasteiger partial charge in [0.25, 0.3) is 0 Å². The molecule has 0 amide bonds. The second-order valence-electron chi connectivity index (χ2n) is 2.90. The van der Waals surface area contributed by atoms with Crippen LogP contribution in [0.5, 0.6) is 0 Å². The summed E-state index contributed by atoms with van der Waals surface area (Å²) < 4.78 is 5.53. The van der Waals surface area contributed by atoms with Crippen molar-refractivity contribution in [3.05, 3.63) is 48.6 Å². The average molecular weight is 173 g/mol. The zero-order chi connectivity index (χ0) is 9.10. The van der Waals surface area contributed by atoms with E-state index in [0.29, 0.717) is 6.54 Å². The van der Waals surface area contributed by atoms with Crippen LogP contribution >= 0.6 is 0 Å². The molecule has 0 fully saturated rings. The molecule has 0 N–H and O–H groups in total. The highest BCUT2D eigenvalue weighted by Crippen LogP contribution is 2.12. The molecule has 0 unspecified atom stereocenters. The Morgan fingerprint density at radius 2 is 2.15 bits per heavy atom. The van der Waals surface area contributed by atoms with Gasteiger partial charge in [-0.1, -0.05) is 24.8 Å². The minimum Gasteiger partial charge on any atom is -0.468 e. The molecule has 0 radical (unpaired) electrons. The quantitative estimate of drug-likeness (QED) is 0.627. The number of aliphatic imine (C=N–C) groups is 1. The van der Waals surface area contributed by atoms with Gasteiger partial charge in [-0.2, -0.15) is 0 Å². The lowest BCUT2D eigenvalue weighted by molar-refractivity contribution is 0.275. The number of hydrogen-bond acceptors (Lipinski definition) is 2. The van der Waals surface area contributed by atoms with Crippen molar-refractivity contribution in [3.8, 4) is 0 Å². The van der Waals surface area contributed by atoms with Crippen LogP contribution in [0.25, 0.3) is 0 Å². The van der Waals surface area contributed by atoms with Crippen molar-refractivity contribution in [3.63, 3.8) is 0 Å². The number of hydrogen-bond donors (Lipinski definition) is 0. The van der Waals surface area contributed by atoms with E-state index in [1.165, 1.54) is 0 Å². The Bertz CT molecular complexity index is 329. The van der Waals surface area contributed by atoms with Gasteiger partial charge in [-0.05, 0) is 18.2 Å². The molecule has 0 aliphatic carbocycles. The molecule has 0 saturated heterocycles. The van der Waals surface area contributed by atoms with Crippen molar-refractivity contribution in [2.24, 2.45) is 4.99 Å². The van der Waals surface area contributed by atoms with E-state index in [2.05, 4.69) is 11.6 Å². The van der Waals surface area contributed by atoms with Gasteiger partial charge in [0.1, 0.15) is 6.10 Å². The normalized spacial score (nSPS) is 20.6. The van der Waals surface area contributed by atoms with Gasteiger partial charge in [-0.15, -0.1) is 0 Å². The second-order valence-corrected chi connectivity index (χ2v) is 2.90. The molecule has 0 bridgehead atoms. The summed E-state index contributed by atoms with van der Waals surface area (Å²) in [5.74, 6) is 0.727. The first-order valence-corrected chi connectivity index (χ1v) is 4.29. The van der Waals surface area contributed by atoms with Crippen molar-refractivity contribution in [1.29, 1.82) is 0 Å². The summed E-state index contributed by atoms with van der Waals surface area (Å²) in [6.45, 7) is 4.36. The number of ether oxygens (including phenoxy) is 1. The number of nitrogens with zero attached hydrogens (tertiary/aromatic N) is 1. The zero-order valence-corrected chi connectivity index (χ0v) is 7.31. The largest absolute Gasteiger partial charge is 0.468 e. The molecule has 66 valence electrons. The summed E-state index contributed by atoms with van der Waals surface area (Å²) in [5.41, 5.74) is 1.03. The molecule has 1 atom stereocenters. The lowest BCUT2D eigenvalue weighted by Crippen LogP contribution is -2.09. The van der Waals surface area contributed by atoms with Crippen molar-refractivity contribution in [2.75, 3.05) is 6.54 Å². The van der Waals surface area contributed by atoms with Crippen LogP contribution in [-0.2, 0) is 4.74 Å². The van der Waals surface area contributed by atoms with E-state index in [4.69, 9.17) is 4.74 Å². The molecule has 1 aromatic rings. The predicted molar refractivity (Wildman–Crippen MR) is 52.9 cm³/mol. The predicted octanol–water partition coefficient (Wildman–Crippen LogP) is 2.02. The monoisotopic (exact) mass is 173 g/mol. The van der Waals surface area contributed by atoms with Crippen LogP contribution in [0.3, 0.4) is 0 Å². The minimum atomic E-state index is 0.0511. The van der Waals surface area contributed by atoms with Gasteiger partial charge in [0, 0.05) is 5.56 Å². The van der Waals surface area contributed by atoms with E-state index in [1.54, 1.807) is 6.08 Å². The first kappa shape index (κ1) is 8.05. The molecule has 1 heterocycles. The maximum atomic E-state index is 5.53. The number of rotatable bonds is 2. The molecular weight excluding hydrogens is 162 g/mol. The van der Waals surface area contributed by atoms with E-state index < -0.39 is 0 Å². The highest BCUT2D eigenvalue weighted by atomic mass is 16.5. The molecule has 2 nitrogen and oxygen atoms in total. The van der Waals surface area contributed by atoms with Crippen LogP contribution in [-0.4, -0.2) is 18.5 Å². The molecular formula is C11H11NO. The minimum absolute atomic E-state index is 0.0511. The molecule has 1 aliphatic rings. The molecule has 2 heteroatoms. The van der Waals surface area contributed by atoms with Crippen molar-refractivity contribution in [1.82, 2.24) is 0 Å². The van der Waals surface area contributed by atoms with Crippen molar-refractivity contribution in [2.45, 2.75) is 6.10 Å². The molecule has 0 spiro atoms. The summed E-state index contributed by atoms with van der Waals surface area (Å²) >= 11 is 0. The van der Waals surface area contributed by atoms with Gasteiger partial charge in [-0.3, -0.25) is 0 Å². The molecule has 0 aromatic heterocycles. The molecule has 2 rings (SSSR count). The Labute approximate surface area is 77.6 Å². The summed E-state index contributed by atoms with van der Waals surface area (Å²) in [5, 5.41) is 0. The van der Waals surface area contributed by atoms with Crippen molar-refractivity contribution < 1.29 is 4.74 Å². The van der Waals surface area contributed by atoms with E-state index in [9.17, 15) is 0 Å². The van der Waals surface area contributed by atoms with Crippen LogP contribution < -0.4 is 0 Å². The first-order chi connectivity index (χ1) is 6.40. The van der Waals surface area contributed by atoms with Crippen LogP contribution in [0, 0.1) is 0 Å². The van der Waals surface area contributed by atoms with Gasteiger partial charge in [0.15, 0.2) is 0 Å². The van der Waals surface area contributed by atoms with Crippen LogP contribution in [0.4, 0.5) is 0 Å². The third kappa shape index (κ3) is 1.61. The Kier molecular flexibility index (Phi) is 2.13. The maximum absolute atomic E-state index is 5.53. The molecule has 13 heavy (non-hydrogen) atoms. The van der Waals surface area contributed by atoms with Gasteiger partial charge in [-0.25, -0.2) is 4.99 Å². The summed E-state index contributed by atoms with van der Waals surface area (Å²) in [6.07, 6.45) is 1.83. The molecule has 0 saturated carbocycles. The summed E-state index contributed by atoms with van der Waals surface area (Å²) in [6, 6.07) is 9.91. The lowest BCUT2D eigenvalue weighted by atomic mass is 10.2. The van der Waals surface area contributed by atoms with E-state index in [1.807, 2.05) is 30.3 Å². The van der Waals surface area contributed by atoms with Gasteiger partial charge < -0.3 is 4.74 Å². The maximum Gasteiger partial charge on any atom is 0.216 e. The fourth-order valence-corrected chi connectivity index (χ4v) is 1.25. The Hall–Kier alpha value is -1.57. The highest BCUT2D eigenvalue weighted by Gasteiger charge is 2.17. The van der Waals surface area contributed by atoms with Crippen LogP contribution in [0.2, 0.25) is 0 Å². The Morgan fingerprint density at radius 1 is 1.38 bits per heavy atom. The second kappa shape index (κ2) is 3.44. The standard InChI is InChI=1S/C11H11NO/c1-2-10-8-12-11(13-10)9-6-4-3-5-7-9/h2-7,10H,1,8H2/t10-/m1/s1. The Morgan fingerprint density at radius 3 is 2.77 bits per heavy atom. The van der Waals surface area contributed by atoms with E-state index >= 15 is 0 Å². The molecule has 1 aliphatic heterocycles. The topological polar surface area (TPSA) is 21.6 Å². The highest BCUT2D eigenvalue weighted by molar-refractivity contribution is 5.95. The van der Waals surface area contributed by atoms with E-state index in [-0.39, 0.29) is 6.10 Å². The van der Waals surface area contributed by atoms with E-state index in [0.717, 1.165) is 11.5 Å². The third-order valence-corrected chi connectivity index (χ3v) is 1.96. The first-order valence-electron chi connectivity index (χ1n) is 4.29. The van der Waals surface area contributed by atoms with Crippen LogP contribution in [0.15, 0.2) is 48.0 Å². The fourth-order valence-electron chi connectivity index (χ4n) is 1.25. The molecule has 1 aromatic carbocycles. The zero-order valence-electron chi connectivity index (χ0n) is 7.31. The smallest absolute Gasteiger partial charge is 0.216 e. The average Bonchev–Trinajstić information content (AvgIpc) is 2.67. The van der Waals surface area contributed by atoms with Crippen LogP contribution in [0.1, 0.15) is 5.56 Å². The van der Waals surface area contributed by atoms with Gasteiger partial charge in [0.05, 0.1) is 6.54 Å². The van der Waals surface area contributed by atoms with Crippen molar-refractivity contribution >= 4 is 5.90 Å². The summed E-state index contributed by atoms with van der Waals surface area (Å²) in [7, 11) is 0. The Balaban J connectivity index is 2.17. The lowest BCUT2D eigenvalue weighted by Gasteiger charge is -2.05. The fraction of sp³-hybridized carbons (Fsp3) is 0.182. The van der Waals surface area contributed by atoms with Gasteiger partial charge >= 0.3 is 0 Å². The third-order valence-electron chi connectivity index (χ3n) is 1.96. The number of benzene rings is 1. The SMILES string of the molecule is C=C[C@@H]1CN=C(c2ccccc2)O1. The van der Waals surface area contributed by atoms with Gasteiger partial charge in [0.2, 0.25) is 5.90 Å².